The molecule has 1 N–H and O–H groups in total. The molecule has 7 nitrogen and oxygen atoms in total. The Kier molecular flexibility index (Phi) is 5.73. The van der Waals surface area contributed by atoms with Crippen LogP contribution in [0.15, 0.2) is 36.7 Å². The molecule has 0 atom stereocenters. The number of ether oxygens (including phenoxy) is 1. The van der Waals surface area contributed by atoms with E-state index in [-0.39, 0.29) is 17.4 Å². The van der Waals surface area contributed by atoms with E-state index < -0.39 is 30.0 Å². The zero-order valence-corrected chi connectivity index (χ0v) is 15.7. The molecule has 0 aliphatic rings. The number of carbonyl (C=O) groups is 2. The van der Waals surface area contributed by atoms with Crippen LogP contribution >= 0.6 is 11.6 Å². The second-order valence-electron chi connectivity index (χ2n) is 5.89. The number of alkyl halides is 3. The van der Waals surface area contributed by atoms with Gasteiger partial charge in [-0.3, -0.25) is 9.59 Å². The maximum absolute atomic E-state index is 12.8. The number of rotatable bonds is 5. The molecule has 3 rings (SSSR count). The predicted molar refractivity (Wildman–Crippen MR) is 98.8 cm³/mol. The van der Waals surface area contributed by atoms with Crippen LogP contribution in [0, 0.1) is 0 Å². The van der Waals surface area contributed by atoms with Gasteiger partial charge >= 0.3 is 12.1 Å². The quantitative estimate of drug-likeness (QED) is 0.492. The second-order valence-corrected chi connectivity index (χ2v) is 6.29. The Morgan fingerprint density at radius 3 is 2.66 bits per heavy atom. The highest BCUT2D eigenvalue weighted by Gasteiger charge is 2.32. The lowest BCUT2D eigenvalue weighted by Crippen LogP contribution is -2.18. The van der Waals surface area contributed by atoms with Crippen molar-refractivity contribution in [2.24, 2.45) is 0 Å². The molecule has 11 heteroatoms. The van der Waals surface area contributed by atoms with E-state index in [4.69, 9.17) is 16.3 Å². The average molecular weight is 427 g/mol. The molecular weight excluding hydrogens is 413 g/mol. The Morgan fingerprint density at radius 2 is 2.00 bits per heavy atom. The number of anilines is 1. The van der Waals surface area contributed by atoms with Crippen molar-refractivity contribution in [1.82, 2.24) is 14.8 Å². The minimum atomic E-state index is -4.57. The number of nitrogens with one attached hydrogen (secondary N) is 1. The topological polar surface area (TPSA) is 86.1 Å². The molecule has 1 aromatic carbocycles. The number of halogens is 4. The smallest absolute Gasteiger partial charge is 0.417 e. The maximum atomic E-state index is 12.8. The number of hydrogen-bond acceptors (Lipinski definition) is 5. The second kappa shape index (κ2) is 8.08. The van der Waals surface area contributed by atoms with Crippen LogP contribution in [0.2, 0.25) is 5.02 Å². The molecule has 0 radical (unpaired) electrons. The van der Waals surface area contributed by atoms with Gasteiger partial charge in [-0.25, -0.2) is 9.67 Å². The molecule has 0 unspecified atom stereocenters. The van der Waals surface area contributed by atoms with Crippen LogP contribution in [0.1, 0.15) is 18.9 Å². The number of nitrogens with zero attached hydrogens (tertiary/aromatic N) is 3. The first-order valence-electron chi connectivity index (χ1n) is 8.35. The van der Waals surface area contributed by atoms with Crippen molar-refractivity contribution in [2.45, 2.75) is 19.5 Å². The predicted octanol–water partition coefficient (Wildman–Crippen LogP) is 3.98. The van der Waals surface area contributed by atoms with Crippen molar-refractivity contribution < 1.29 is 27.5 Å². The van der Waals surface area contributed by atoms with Crippen LogP contribution in [0.25, 0.3) is 16.7 Å². The van der Waals surface area contributed by atoms with Gasteiger partial charge in [-0.15, -0.1) is 0 Å². The lowest BCUT2D eigenvalue weighted by molar-refractivity contribution is -0.145. The third-order valence-electron chi connectivity index (χ3n) is 3.81. The van der Waals surface area contributed by atoms with Crippen molar-refractivity contribution in [3.63, 3.8) is 0 Å². The molecule has 0 fully saturated rings. The first-order valence-corrected chi connectivity index (χ1v) is 8.73. The van der Waals surface area contributed by atoms with E-state index in [0.717, 1.165) is 6.07 Å². The largest absolute Gasteiger partial charge is 0.466 e. The molecule has 152 valence electrons. The van der Waals surface area contributed by atoms with Gasteiger partial charge in [0.2, 0.25) is 5.91 Å². The van der Waals surface area contributed by atoms with Gasteiger partial charge in [0.1, 0.15) is 6.42 Å². The third kappa shape index (κ3) is 4.65. The number of esters is 1. The molecule has 0 saturated carbocycles. The number of hydrogen-bond donors (Lipinski definition) is 1. The van der Waals surface area contributed by atoms with Crippen molar-refractivity contribution in [2.75, 3.05) is 11.9 Å². The molecular formula is C18H14ClF3N4O3. The van der Waals surface area contributed by atoms with Crippen LogP contribution in [-0.2, 0) is 20.5 Å². The number of carbonyl (C=O) groups excluding carboxylic acids is 2. The highest BCUT2D eigenvalue weighted by atomic mass is 35.5. The normalized spacial score (nSPS) is 11.5. The van der Waals surface area contributed by atoms with Crippen LogP contribution in [0.5, 0.6) is 0 Å². The third-order valence-corrected chi connectivity index (χ3v) is 4.09. The Hall–Kier alpha value is -3.14. The van der Waals surface area contributed by atoms with Crippen LogP contribution < -0.4 is 5.32 Å². The van der Waals surface area contributed by atoms with E-state index in [1.165, 1.54) is 10.9 Å². The number of amides is 1. The average Bonchev–Trinajstić information content (AvgIpc) is 3.04. The summed E-state index contributed by atoms with van der Waals surface area (Å²) in [6.07, 6.45) is -2.87. The fourth-order valence-electron chi connectivity index (χ4n) is 2.55. The standard InChI is InChI=1S/C18H14ClF3N4O3/c1-2-29-16(28)7-15(27)25-12-4-3-10-8-24-26(14(10)6-12)17-13(19)5-11(9-23-17)18(20,21)22/h3-6,8-9H,2,7H2,1H3,(H,25,27). The molecule has 0 spiro atoms. The van der Waals surface area contributed by atoms with Crippen LogP contribution in [-0.4, -0.2) is 33.2 Å². The Morgan fingerprint density at radius 1 is 1.24 bits per heavy atom. The van der Waals surface area contributed by atoms with Crippen molar-refractivity contribution >= 4 is 40.1 Å². The van der Waals surface area contributed by atoms with Gasteiger partial charge in [-0.2, -0.15) is 18.3 Å². The van der Waals surface area contributed by atoms with Gasteiger partial charge in [0, 0.05) is 17.3 Å². The Balaban J connectivity index is 1.90. The SMILES string of the molecule is CCOC(=O)CC(=O)Nc1ccc2cnn(-c3ncc(C(F)(F)F)cc3Cl)c2c1. The summed E-state index contributed by atoms with van der Waals surface area (Å²) in [6, 6.07) is 5.55. The number of pyridine rings is 1. The van der Waals surface area contributed by atoms with Crippen LogP contribution in [0.4, 0.5) is 18.9 Å². The lowest BCUT2D eigenvalue weighted by atomic mass is 10.2. The van der Waals surface area contributed by atoms with Gasteiger partial charge in [-0.05, 0) is 31.2 Å². The zero-order chi connectivity index (χ0) is 21.2. The van der Waals surface area contributed by atoms with Crippen LogP contribution in [0.3, 0.4) is 0 Å². The van der Waals surface area contributed by atoms with Crippen molar-refractivity contribution in [1.29, 1.82) is 0 Å². The van der Waals surface area contributed by atoms with E-state index in [2.05, 4.69) is 15.4 Å². The van der Waals surface area contributed by atoms with Gasteiger partial charge in [-0.1, -0.05) is 11.6 Å². The minimum absolute atomic E-state index is 0.00432. The molecule has 0 saturated heterocycles. The summed E-state index contributed by atoms with van der Waals surface area (Å²) in [5, 5.41) is 7.08. The lowest BCUT2D eigenvalue weighted by Gasteiger charge is -2.10. The fourth-order valence-corrected chi connectivity index (χ4v) is 2.80. The molecule has 0 bridgehead atoms. The first-order chi connectivity index (χ1) is 13.7. The van der Waals surface area contributed by atoms with Gasteiger partial charge in [0.15, 0.2) is 5.82 Å². The molecule has 2 heterocycles. The van der Waals surface area contributed by atoms with E-state index in [1.807, 2.05) is 0 Å². The van der Waals surface area contributed by atoms with E-state index >= 15 is 0 Å². The van der Waals surface area contributed by atoms with Crippen molar-refractivity contribution in [3.05, 3.63) is 47.2 Å². The Bertz CT molecular complexity index is 1080. The van der Waals surface area contributed by atoms with Gasteiger partial charge in [0.25, 0.3) is 0 Å². The van der Waals surface area contributed by atoms with E-state index in [9.17, 15) is 22.8 Å². The maximum Gasteiger partial charge on any atom is 0.417 e. The summed E-state index contributed by atoms with van der Waals surface area (Å²) >= 11 is 5.99. The molecule has 2 aromatic heterocycles. The minimum Gasteiger partial charge on any atom is -0.466 e. The molecule has 29 heavy (non-hydrogen) atoms. The summed E-state index contributed by atoms with van der Waals surface area (Å²) in [6.45, 7) is 1.80. The fraction of sp³-hybridized carbons (Fsp3) is 0.222. The summed E-state index contributed by atoms with van der Waals surface area (Å²) in [7, 11) is 0. The van der Waals surface area contributed by atoms with E-state index in [0.29, 0.717) is 22.8 Å². The molecule has 0 aliphatic carbocycles. The Labute approximate surface area is 167 Å². The highest BCUT2D eigenvalue weighted by Crippen LogP contribution is 2.32. The highest BCUT2D eigenvalue weighted by molar-refractivity contribution is 6.32. The van der Waals surface area contributed by atoms with Gasteiger partial charge in [0.05, 0.1) is 28.9 Å². The zero-order valence-electron chi connectivity index (χ0n) is 15.0. The first kappa shape index (κ1) is 20.6. The summed E-state index contributed by atoms with van der Waals surface area (Å²) in [5.41, 5.74) is -0.167. The molecule has 3 aromatic rings. The summed E-state index contributed by atoms with van der Waals surface area (Å²) in [4.78, 5) is 27.1. The van der Waals surface area contributed by atoms with E-state index in [1.54, 1.807) is 25.1 Å². The monoisotopic (exact) mass is 426 g/mol. The summed E-state index contributed by atoms with van der Waals surface area (Å²) in [5.74, 6) is -1.22. The number of benzene rings is 1. The number of aromatic nitrogens is 3. The van der Waals surface area contributed by atoms with Crippen molar-refractivity contribution in [3.8, 4) is 5.82 Å². The molecule has 0 aliphatic heterocycles. The number of fused-ring (bicyclic) bond motifs is 1. The summed E-state index contributed by atoms with van der Waals surface area (Å²) < 4.78 is 44.4. The molecule has 1 amide bonds. The van der Waals surface area contributed by atoms with Gasteiger partial charge < -0.3 is 10.1 Å².